The van der Waals surface area contributed by atoms with Gasteiger partial charge >= 0.3 is 11.9 Å². The van der Waals surface area contributed by atoms with Gasteiger partial charge in [0.1, 0.15) is 23.9 Å². The lowest BCUT2D eigenvalue weighted by atomic mass is 10.1. The SMILES string of the molecule is Cc1nc(NCc2cccnc2C(F)(F)C(=O)OCc2ccccc2)c2cccnc2n1. The van der Waals surface area contributed by atoms with E-state index in [-0.39, 0.29) is 18.7 Å². The molecule has 1 aromatic carbocycles. The number of hydrogen-bond donors (Lipinski definition) is 1. The molecule has 1 N–H and O–H groups in total. The van der Waals surface area contributed by atoms with Crippen LogP contribution in [-0.4, -0.2) is 25.9 Å². The maximum absolute atomic E-state index is 15.0. The van der Waals surface area contributed by atoms with Gasteiger partial charge in [0.25, 0.3) is 0 Å². The van der Waals surface area contributed by atoms with E-state index in [4.69, 9.17) is 4.74 Å². The minimum atomic E-state index is -3.92. The normalized spacial score (nSPS) is 11.3. The molecule has 162 valence electrons. The maximum atomic E-state index is 15.0. The second kappa shape index (κ2) is 9.01. The first-order valence-corrected chi connectivity index (χ1v) is 9.81. The first-order valence-electron chi connectivity index (χ1n) is 9.81. The van der Waals surface area contributed by atoms with Gasteiger partial charge in [0.2, 0.25) is 0 Å². The molecule has 0 fully saturated rings. The third-order valence-electron chi connectivity index (χ3n) is 4.69. The second-order valence-electron chi connectivity index (χ2n) is 6.99. The van der Waals surface area contributed by atoms with Gasteiger partial charge < -0.3 is 10.1 Å². The summed E-state index contributed by atoms with van der Waals surface area (Å²) in [5, 5.41) is 3.69. The standard InChI is InChI=1S/C23H19F2N5O2/c1-15-29-20-18(10-6-12-27-20)21(30-15)28-13-17-9-5-11-26-19(17)23(24,25)22(31)32-14-16-7-3-2-4-8-16/h2-12H,13-14H2,1H3,(H,27,28,29,30). The molecule has 32 heavy (non-hydrogen) atoms. The van der Waals surface area contributed by atoms with E-state index in [9.17, 15) is 13.6 Å². The Kier molecular flexibility index (Phi) is 5.98. The number of halogens is 2. The lowest BCUT2D eigenvalue weighted by Gasteiger charge is -2.18. The first kappa shape index (κ1) is 21.2. The Morgan fingerprint density at radius 3 is 2.56 bits per heavy atom. The number of aryl methyl sites for hydroxylation is 1. The number of carbonyl (C=O) groups excluding carboxylic acids is 1. The van der Waals surface area contributed by atoms with Crippen LogP contribution >= 0.6 is 0 Å². The van der Waals surface area contributed by atoms with Crippen molar-refractivity contribution in [2.75, 3.05) is 5.32 Å². The molecule has 0 spiro atoms. The Morgan fingerprint density at radius 2 is 1.75 bits per heavy atom. The van der Waals surface area contributed by atoms with Crippen molar-refractivity contribution in [2.45, 2.75) is 26.0 Å². The fourth-order valence-electron chi connectivity index (χ4n) is 3.16. The summed E-state index contributed by atoms with van der Waals surface area (Å²) in [5.74, 6) is -4.64. The zero-order valence-corrected chi connectivity index (χ0v) is 17.1. The van der Waals surface area contributed by atoms with E-state index in [1.807, 2.05) is 0 Å². The molecule has 0 aliphatic heterocycles. The molecule has 4 aromatic rings. The highest BCUT2D eigenvalue weighted by Gasteiger charge is 2.46. The fraction of sp³-hybridized carbons (Fsp3) is 0.174. The largest absolute Gasteiger partial charge is 0.456 e. The number of rotatable bonds is 7. The van der Waals surface area contributed by atoms with Crippen molar-refractivity contribution < 1.29 is 18.3 Å². The van der Waals surface area contributed by atoms with Crippen LogP contribution < -0.4 is 5.32 Å². The number of hydrogen-bond acceptors (Lipinski definition) is 7. The number of nitrogens with one attached hydrogen (secondary N) is 1. The molecular formula is C23H19F2N5O2. The van der Waals surface area contributed by atoms with Crippen LogP contribution in [0.15, 0.2) is 67.0 Å². The molecule has 0 saturated carbocycles. The average Bonchev–Trinajstić information content (AvgIpc) is 2.81. The number of benzene rings is 1. The van der Waals surface area contributed by atoms with Gasteiger partial charge in [-0.15, -0.1) is 0 Å². The van der Waals surface area contributed by atoms with Gasteiger partial charge in [0.15, 0.2) is 5.65 Å². The zero-order chi connectivity index (χ0) is 22.6. The Balaban J connectivity index is 1.54. The number of ether oxygens (including phenoxy) is 1. The molecule has 0 aliphatic rings. The van der Waals surface area contributed by atoms with Crippen molar-refractivity contribution >= 4 is 22.8 Å². The van der Waals surface area contributed by atoms with Gasteiger partial charge in [-0.25, -0.2) is 19.7 Å². The summed E-state index contributed by atoms with van der Waals surface area (Å²) >= 11 is 0. The number of pyridine rings is 2. The highest BCUT2D eigenvalue weighted by atomic mass is 19.3. The predicted octanol–water partition coefficient (Wildman–Crippen LogP) is 4.18. The number of aromatic nitrogens is 4. The van der Waals surface area contributed by atoms with E-state index in [0.29, 0.717) is 28.2 Å². The average molecular weight is 435 g/mol. The van der Waals surface area contributed by atoms with Gasteiger partial charge in [-0.05, 0) is 36.2 Å². The van der Waals surface area contributed by atoms with Crippen LogP contribution in [0.1, 0.15) is 22.6 Å². The molecule has 0 aliphatic carbocycles. The van der Waals surface area contributed by atoms with E-state index in [2.05, 4.69) is 25.3 Å². The second-order valence-corrected chi connectivity index (χ2v) is 6.99. The quantitative estimate of drug-likeness (QED) is 0.436. The van der Waals surface area contributed by atoms with E-state index >= 15 is 0 Å². The van der Waals surface area contributed by atoms with E-state index in [1.165, 1.54) is 18.3 Å². The smallest absolute Gasteiger partial charge is 0.384 e. The monoisotopic (exact) mass is 435 g/mol. The minimum absolute atomic E-state index is 0.0365. The molecule has 0 saturated heterocycles. The Morgan fingerprint density at radius 1 is 1.00 bits per heavy atom. The van der Waals surface area contributed by atoms with Crippen LogP contribution in [0.5, 0.6) is 0 Å². The summed E-state index contributed by atoms with van der Waals surface area (Å²) in [6.07, 6.45) is 2.82. The summed E-state index contributed by atoms with van der Waals surface area (Å²) in [4.78, 5) is 28.8. The predicted molar refractivity (Wildman–Crippen MR) is 114 cm³/mol. The van der Waals surface area contributed by atoms with Crippen LogP contribution in [0.2, 0.25) is 0 Å². The third kappa shape index (κ3) is 4.51. The molecule has 0 radical (unpaired) electrons. The van der Waals surface area contributed by atoms with Gasteiger partial charge in [0.05, 0.1) is 5.39 Å². The highest BCUT2D eigenvalue weighted by molar-refractivity contribution is 5.86. The molecular weight excluding hydrogens is 416 g/mol. The van der Waals surface area contributed by atoms with Crippen molar-refractivity contribution in [3.8, 4) is 0 Å². The van der Waals surface area contributed by atoms with Crippen LogP contribution in [-0.2, 0) is 28.6 Å². The highest BCUT2D eigenvalue weighted by Crippen LogP contribution is 2.31. The van der Waals surface area contributed by atoms with Gasteiger partial charge in [-0.3, -0.25) is 4.98 Å². The number of fused-ring (bicyclic) bond motifs is 1. The summed E-state index contributed by atoms with van der Waals surface area (Å²) in [6.45, 7) is 1.42. The Hall–Kier alpha value is -4.01. The number of esters is 1. The molecule has 0 atom stereocenters. The summed E-state index contributed by atoms with van der Waals surface area (Å²) in [7, 11) is 0. The lowest BCUT2D eigenvalue weighted by Crippen LogP contribution is -2.31. The van der Waals surface area contributed by atoms with E-state index in [0.717, 1.165) is 0 Å². The number of carbonyl (C=O) groups is 1. The molecule has 9 heteroatoms. The van der Waals surface area contributed by atoms with Crippen LogP contribution in [0.4, 0.5) is 14.6 Å². The van der Waals surface area contributed by atoms with Crippen molar-refractivity contribution in [3.05, 3.63) is 89.6 Å². The third-order valence-corrected chi connectivity index (χ3v) is 4.69. The minimum Gasteiger partial charge on any atom is -0.456 e. The topological polar surface area (TPSA) is 89.9 Å². The molecule has 3 aromatic heterocycles. The molecule has 0 unspecified atom stereocenters. The van der Waals surface area contributed by atoms with Gasteiger partial charge in [-0.1, -0.05) is 36.4 Å². The number of alkyl halides is 2. The van der Waals surface area contributed by atoms with E-state index < -0.39 is 17.6 Å². The summed E-state index contributed by atoms with van der Waals surface area (Å²) < 4.78 is 34.8. The first-order chi connectivity index (χ1) is 15.4. The fourth-order valence-corrected chi connectivity index (χ4v) is 3.16. The molecule has 0 bridgehead atoms. The van der Waals surface area contributed by atoms with Crippen molar-refractivity contribution in [1.82, 2.24) is 19.9 Å². The molecule has 3 heterocycles. The Bertz CT molecular complexity index is 1250. The summed E-state index contributed by atoms with van der Waals surface area (Å²) in [6, 6.07) is 15.1. The van der Waals surface area contributed by atoms with Gasteiger partial charge in [0, 0.05) is 18.9 Å². The zero-order valence-electron chi connectivity index (χ0n) is 17.1. The number of anilines is 1. The van der Waals surface area contributed by atoms with Crippen molar-refractivity contribution in [1.29, 1.82) is 0 Å². The van der Waals surface area contributed by atoms with Crippen LogP contribution in [0, 0.1) is 6.92 Å². The Labute approximate surface area is 182 Å². The molecule has 0 amide bonds. The van der Waals surface area contributed by atoms with Crippen LogP contribution in [0.25, 0.3) is 11.0 Å². The molecule has 7 nitrogen and oxygen atoms in total. The van der Waals surface area contributed by atoms with E-state index in [1.54, 1.807) is 55.6 Å². The van der Waals surface area contributed by atoms with Crippen molar-refractivity contribution in [2.24, 2.45) is 0 Å². The van der Waals surface area contributed by atoms with Gasteiger partial charge in [-0.2, -0.15) is 8.78 Å². The van der Waals surface area contributed by atoms with Crippen LogP contribution in [0.3, 0.4) is 0 Å². The lowest BCUT2D eigenvalue weighted by molar-refractivity contribution is -0.175. The number of nitrogens with zero attached hydrogens (tertiary/aromatic N) is 4. The maximum Gasteiger partial charge on any atom is 0.384 e. The van der Waals surface area contributed by atoms with Crippen molar-refractivity contribution in [3.63, 3.8) is 0 Å². The summed E-state index contributed by atoms with van der Waals surface area (Å²) in [5.41, 5.74) is 0.573. The molecule has 4 rings (SSSR count).